The van der Waals surface area contributed by atoms with Gasteiger partial charge in [0.15, 0.2) is 18.9 Å². The van der Waals surface area contributed by atoms with Gasteiger partial charge in [-0.1, -0.05) is 13.8 Å². The molecule has 19 nitrogen and oxygen atoms in total. The Morgan fingerprint density at radius 3 is 2.02 bits per heavy atom. The number of hydrogen-bond donors (Lipinski definition) is 11. The molecule has 0 aromatic heterocycles. The van der Waals surface area contributed by atoms with Crippen LogP contribution in [-0.2, 0) is 38.0 Å². The minimum atomic E-state index is -1.94. The highest BCUT2D eigenvalue weighted by atomic mass is 16.8. The molecule has 0 bridgehead atoms. The van der Waals surface area contributed by atoms with Crippen LogP contribution < -0.4 is 10.6 Å². The van der Waals surface area contributed by atoms with Crippen LogP contribution in [0.1, 0.15) is 34.1 Å². The first kappa shape index (κ1) is 41.5. The normalized spacial score (nSPS) is 34.0. The lowest BCUT2D eigenvalue weighted by Crippen LogP contribution is -2.68. The summed E-state index contributed by atoms with van der Waals surface area (Å²) in [6.07, 6.45) is -20.3. The second-order valence-corrected chi connectivity index (χ2v) is 11.7. The number of carbonyl (C=O) groups excluding carboxylic acids is 2. The minimum absolute atomic E-state index is 0.0319. The van der Waals surface area contributed by atoms with E-state index in [1.807, 2.05) is 0 Å². The predicted molar refractivity (Wildman–Crippen MR) is 156 cm³/mol. The smallest absolute Gasteiger partial charge is 0.222 e. The summed E-state index contributed by atoms with van der Waals surface area (Å²) < 4.78 is 33.9. The molecule has 2 fully saturated rings. The van der Waals surface area contributed by atoms with Crippen molar-refractivity contribution in [2.75, 3.05) is 39.6 Å². The van der Waals surface area contributed by atoms with E-state index in [4.69, 9.17) is 28.4 Å². The molecule has 0 aromatic carbocycles. The molecule has 14 atom stereocenters. The molecule has 2 amide bonds. The lowest BCUT2D eigenvalue weighted by atomic mass is 9.95. The number of aliphatic hydroxyl groups excluding tert-OH is 9. The van der Waals surface area contributed by atoms with Gasteiger partial charge >= 0.3 is 0 Å². The highest BCUT2D eigenvalue weighted by molar-refractivity contribution is 5.77. The van der Waals surface area contributed by atoms with Crippen molar-refractivity contribution in [2.24, 2.45) is 5.92 Å². The fourth-order valence-electron chi connectivity index (χ4n) is 4.87. The quantitative estimate of drug-likeness (QED) is 0.0445. The summed E-state index contributed by atoms with van der Waals surface area (Å²) in [5.41, 5.74) is 0. The Bertz CT molecular complexity index is 931. The van der Waals surface area contributed by atoms with E-state index in [9.17, 15) is 55.5 Å². The number of rotatable bonds is 19. The van der Waals surface area contributed by atoms with Gasteiger partial charge in [-0.05, 0) is 13.3 Å². The molecule has 19 heteroatoms. The van der Waals surface area contributed by atoms with Crippen molar-refractivity contribution in [3.8, 4) is 0 Å². The van der Waals surface area contributed by atoms with E-state index in [-0.39, 0.29) is 25.0 Å². The van der Waals surface area contributed by atoms with Crippen LogP contribution in [0.25, 0.3) is 0 Å². The van der Waals surface area contributed by atoms with Gasteiger partial charge in [0.1, 0.15) is 61.0 Å². The number of ether oxygens (including phenoxy) is 6. The molecule has 0 aliphatic carbocycles. The van der Waals surface area contributed by atoms with Gasteiger partial charge in [0, 0.05) is 19.4 Å². The molecular weight excluding hydrogens is 636 g/mol. The molecule has 0 spiro atoms. The largest absolute Gasteiger partial charge is 0.394 e. The molecule has 0 radical (unpaired) electrons. The van der Waals surface area contributed by atoms with Crippen molar-refractivity contribution < 1.29 is 84.0 Å². The Labute approximate surface area is 272 Å². The Balaban J connectivity index is 2.24. The number of nitrogens with one attached hydrogen (secondary N) is 2. The maximum atomic E-state index is 12.0. The molecular formula is C28H52N2O17. The van der Waals surface area contributed by atoms with Crippen LogP contribution in [0.5, 0.6) is 0 Å². The fraction of sp³-hybridized carbons (Fsp3) is 0.929. The maximum Gasteiger partial charge on any atom is 0.222 e. The fourth-order valence-corrected chi connectivity index (χ4v) is 4.87. The van der Waals surface area contributed by atoms with Gasteiger partial charge in [-0.2, -0.15) is 0 Å². The van der Waals surface area contributed by atoms with Gasteiger partial charge in [0.2, 0.25) is 11.8 Å². The topological polar surface area (TPSA) is 296 Å². The molecule has 2 heterocycles. The average Bonchev–Trinajstić information content (AvgIpc) is 3.03. The number of amides is 2. The summed E-state index contributed by atoms with van der Waals surface area (Å²) in [7, 11) is 0. The van der Waals surface area contributed by atoms with Crippen LogP contribution in [-0.4, -0.2) is 183 Å². The molecule has 0 aromatic rings. The Hall–Kier alpha value is -1.66. The molecule has 12 unspecified atom stereocenters. The maximum absolute atomic E-state index is 12.0. The van der Waals surface area contributed by atoms with Crippen molar-refractivity contribution in [3.63, 3.8) is 0 Å². The molecule has 2 saturated heterocycles. The highest BCUT2D eigenvalue weighted by Gasteiger charge is 2.52. The summed E-state index contributed by atoms with van der Waals surface area (Å²) in [4.78, 5) is 23.8. The first-order valence-electron chi connectivity index (χ1n) is 15.5. The predicted octanol–water partition coefficient (Wildman–Crippen LogP) is -5.60. The molecule has 276 valence electrons. The van der Waals surface area contributed by atoms with Gasteiger partial charge in [0.25, 0.3) is 0 Å². The second kappa shape index (κ2) is 20.1. The van der Waals surface area contributed by atoms with E-state index in [1.165, 1.54) is 13.8 Å². The summed E-state index contributed by atoms with van der Waals surface area (Å²) in [6, 6.07) is -1.26. The molecule has 47 heavy (non-hydrogen) atoms. The van der Waals surface area contributed by atoms with Gasteiger partial charge < -0.3 is 85.0 Å². The zero-order valence-electron chi connectivity index (χ0n) is 26.9. The first-order chi connectivity index (χ1) is 22.2. The van der Waals surface area contributed by atoms with Crippen LogP contribution in [0.2, 0.25) is 0 Å². The van der Waals surface area contributed by atoms with Gasteiger partial charge in [-0.25, -0.2) is 0 Å². The van der Waals surface area contributed by atoms with Crippen molar-refractivity contribution in [3.05, 3.63) is 0 Å². The standard InChI is InChI=1S/C28H52N2O17/c1-12(2)25(41)29-6-5-7-42-27-19(30-14(4)36)21(39)23(18(11-34)45-27)46-28-22(40)24(20(38)17(10-33)44-28)47-26(15(37)8-31)43-16(9-32)13(3)35/h12-13,15-24,26-28,31-35,37-40H,5-11H2,1-4H3,(H,29,41)(H,30,36)/t13-,15+,16?,17?,18?,19?,20?,21?,22?,23?,24?,26?,27?,28?/m1/s1. The summed E-state index contributed by atoms with van der Waals surface area (Å²) in [5.74, 6) is -0.934. The third-order valence-electron chi connectivity index (χ3n) is 7.58. The average molecular weight is 689 g/mol. The number of carbonyl (C=O) groups is 2. The molecule has 11 N–H and O–H groups in total. The number of aliphatic hydroxyl groups is 9. The third kappa shape index (κ3) is 11.7. The first-order valence-corrected chi connectivity index (χ1v) is 15.5. The van der Waals surface area contributed by atoms with Crippen LogP contribution in [0.15, 0.2) is 0 Å². The summed E-state index contributed by atoms with van der Waals surface area (Å²) in [5, 5.41) is 97.7. The van der Waals surface area contributed by atoms with Crippen molar-refractivity contribution >= 4 is 11.8 Å². The lowest BCUT2D eigenvalue weighted by Gasteiger charge is -2.48. The summed E-state index contributed by atoms with van der Waals surface area (Å²) in [6.45, 7) is 3.03. The molecule has 2 aliphatic rings. The molecule has 2 rings (SSSR count). The SMILES string of the molecule is CC(=O)NC1C(OCCCNC(=O)C(C)C)OC(CO)C(OC2OC(CO)C(O)C(OC(OC(CO)[C@@H](C)O)[C@@H](O)CO)C2O)C1O. The Kier molecular flexibility index (Phi) is 17.8. The van der Waals surface area contributed by atoms with Gasteiger partial charge in [0.05, 0.1) is 39.1 Å². The van der Waals surface area contributed by atoms with Crippen molar-refractivity contribution in [1.82, 2.24) is 10.6 Å². The Morgan fingerprint density at radius 2 is 1.49 bits per heavy atom. The molecule has 2 aliphatic heterocycles. The zero-order chi connectivity index (χ0) is 35.4. The van der Waals surface area contributed by atoms with Gasteiger partial charge in [-0.15, -0.1) is 0 Å². The van der Waals surface area contributed by atoms with Crippen LogP contribution in [0, 0.1) is 5.92 Å². The van der Waals surface area contributed by atoms with Gasteiger partial charge in [-0.3, -0.25) is 9.59 Å². The summed E-state index contributed by atoms with van der Waals surface area (Å²) >= 11 is 0. The molecule has 0 saturated carbocycles. The van der Waals surface area contributed by atoms with E-state index in [1.54, 1.807) is 13.8 Å². The van der Waals surface area contributed by atoms with Crippen molar-refractivity contribution in [1.29, 1.82) is 0 Å². The van der Waals surface area contributed by atoms with Crippen molar-refractivity contribution in [2.45, 2.75) is 120 Å². The van der Waals surface area contributed by atoms with E-state index >= 15 is 0 Å². The minimum Gasteiger partial charge on any atom is -0.394 e. The Morgan fingerprint density at radius 1 is 0.851 bits per heavy atom. The van der Waals surface area contributed by atoms with E-state index in [0.29, 0.717) is 6.42 Å². The van der Waals surface area contributed by atoms with E-state index < -0.39 is 118 Å². The zero-order valence-corrected chi connectivity index (χ0v) is 26.9. The van der Waals surface area contributed by atoms with Crippen LogP contribution >= 0.6 is 0 Å². The van der Waals surface area contributed by atoms with E-state index in [2.05, 4.69) is 10.6 Å². The number of hydrogen-bond acceptors (Lipinski definition) is 17. The highest BCUT2D eigenvalue weighted by Crippen LogP contribution is 2.31. The second-order valence-electron chi connectivity index (χ2n) is 11.7. The monoisotopic (exact) mass is 688 g/mol. The van der Waals surface area contributed by atoms with E-state index in [0.717, 1.165) is 0 Å². The third-order valence-corrected chi connectivity index (χ3v) is 7.58. The van der Waals surface area contributed by atoms with Crippen LogP contribution in [0.4, 0.5) is 0 Å². The lowest BCUT2D eigenvalue weighted by molar-refractivity contribution is -0.366. The van der Waals surface area contributed by atoms with Crippen LogP contribution in [0.3, 0.4) is 0 Å².